The van der Waals surface area contributed by atoms with E-state index in [1.165, 1.54) is 5.56 Å². The molecule has 1 saturated carbocycles. The van der Waals surface area contributed by atoms with Crippen molar-refractivity contribution in [3.63, 3.8) is 0 Å². The Morgan fingerprint density at radius 2 is 1.88 bits per heavy atom. The molecule has 0 radical (unpaired) electrons. The van der Waals surface area contributed by atoms with Crippen LogP contribution < -0.4 is 11.1 Å². The number of nitrogens with two attached hydrogens (primary N) is 1. The summed E-state index contributed by atoms with van der Waals surface area (Å²) in [5, 5.41) is 3.27. The maximum atomic E-state index is 12.7. The summed E-state index contributed by atoms with van der Waals surface area (Å²) in [5.74, 6) is 1.11. The van der Waals surface area contributed by atoms with Crippen LogP contribution in [0.15, 0.2) is 48.7 Å². The van der Waals surface area contributed by atoms with Gasteiger partial charge in [0.15, 0.2) is 0 Å². The zero-order chi connectivity index (χ0) is 18.4. The molecule has 1 atom stereocenters. The maximum Gasteiger partial charge on any atom is 0.224 e. The zero-order valence-electron chi connectivity index (χ0n) is 15.5. The number of carbonyl (C=O) groups is 1. The molecule has 138 valence electrons. The molecule has 0 saturated heterocycles. The number of nitrogens with one attached hydrogen (secondary N) is 1. The van der Waals surface area contributed by atoms with Gasteiger partial charge >= 0.3 is 0 Å². The van der Waals surface area contributed by atoms with E-state index in [9.17, 15) is 4.79 Å². The second kappa shape index (κ2) is 8.95. The van der Waals surface area contributed by atoms with Gasteiger partial charge in [-0.1, -0.05) is 35.9 Å². The molecular formula is C22H29N3O. The van der Waals surface area contributed by atoms with Crippen molar-refractivity contribution in [2.45, 2.75) is 45.1 Å². The first-order valence-electron chi connectivity index (χ1n) is 9.61. The fraction of sp³-hybridized carbons (Fsp3) is 0.455. The topological polar surface area (TPSA) is 68.0 Å². The lowest BCUT2D eigenvalue weighted by molar-refractivity contribution is -0.121. The van der Waals surface area contributed by atoms with Crippen LogP contribution >= 0.6 is 0 Å². The van der Waals surface area contributed by atoms with Crippen LogP contribution in [0.2, 0.25) is 0 Å². The summed E-state index contributed by atoms with van der Waals surface area (Å²) < 4.78 is 0. The first kappa shape index (κ1) is 18.6. The van der Waals surface area contributed by atoms with E-state index in [4.69, 9.17) is 5.73 Å². The summed E-state index contributed by atoms with van der Waals surface area (Å²) in [6.45, 7) is 2.82. The molecule has 1 heterocycles. The van der Waals surface area contributed by atoms with E-state index in [1.807, 2.05) is 42.5 Å². The number of pyridine rings is 1. The lowest BCUT2D eigenvalue weighted by Crippen LogP contribution is -2.37. The summed E-state index contributed by atoms with van der Waals surface area (Å²) in [4.78, 5) is 17.2. The molecule has 0 unspecified atom stereocenters. The van der Waals surface area contributed by atoms with Gasteiger partial charge in [-0.3, -0.25) is 9.78 Å². The van der Waals surface area contributed by atoms with Gasteiger partial charge < -0.3 is 11.1 Å². The normalized spacial score (nSPS) is 21.2. The molecule has 1 amide bonds. The van der Waals surface area contributed by atoms with Crippen LogP contribution in [0.25, 0.3) is 0 Å². The number of aryl methyl sites for hydroxylation is 1. The van der Waals surface area contributed by atoms with Gasteiger partial charge in [-0.05, 0) is 68.7 Å². The van der Waals surface area contributed by atoms with Gasteiger partial charge in [0.1, 0.15) is 0 Å². The van der Waals surface area contributed by atoms with Gasteiger partial charge in [-0.15, -0.1) is 0 Å². The Hall–Kier alpha value is -2.20. The van der Waals surface area contributed by atoms with E-state index in [0.717, 1.165) is 43.5 Å². The minimum Gasteiger partial charge on any atom is -0.347 e. The molecule has 2 aromatic rings. The lowest BCUT2D eigenvalue weighted by Gasteiger charge is -2.33. The molecule has 0 bridgehead atoms. The van der Waals surface area contributed by atoms with Crippen LogP contribution in [0.1, 0.15) is 48.5 Å². The number of amides is 1. The van der Waals surface area contributed by atoms with E-state index in [0.29, 0.717) is 18.3 Å². The van der Waals surface area contributed by atoms with E-state index in [1.54, 1.807) is 6.20 Å². The highest BCUT2D eigenvalue weighted by molar-refractivity contribution is 5.79. The fourth-order valence-electron chi connectivity index (χ4n) is 3.87. The Labute approximate surface area is 156 Å². The second-order valence-corrected chi connectivity index (χ2v) is 7.48. The fourth-order valence-corrected chi connectivity index (χ4v) is 3.87. The van der Waals surface area contributed by atoms with Crippen molar-refractivity contribution >= 4 is 5.91 Å². The van der Waals surface area contributed by atoms with Crippen molar-refractivity contribution in [1.82, 2.24) is 10.3 Å². The molecule has 1 aliphatic rings. The highest BCUT2D eigenvalue weighted by Crippen LogP contribution is 2.36. The molecular weight excluding hydrogens is 322 g/mol. The van der Waals surface area contributed by atoms with Crippen LogP contribution in [-0.2, 0) is 11.2 Å². The van der Waals surface area contributed by atoms with Gasteiger partial charge in [0.05, 0.1) is 18.2 Å². The molecule has 0 spiro atoms. The van der Waals surface area contributed by atoms with Crippen LogP contribution in [0.5, 0.6) is 0 Å². The number of nitrogens with zero attached hydrogens (tertiary/aromatic N) is 1. The molecule has 0 aliphatic heterocycles. The number of aromatic nitrogens is 1. The van der Waals surface area contributed by atoms with Gasteiger partial charge in [0, 0.05) is 6.20 Å². The number of hydrogen-bond donors (Lipinski definition) is 2. The molecule has 4 heteroatoms. The number of hydrogen-bond acceptors (Lipinski definition) is 3. The third kappa shape index (κ3) is 4.92. The number of rotatable bonds is 6. The molecule has 1 aromatic carbocycles. The van der Waals surface area contributed by atoms with E-state index >= 15 is 0 Å². The van der Waals surface area contributed by atoms with Gasteiger partial charge in [-0.2, -0.15) is 0 Å². The number of carbonyl (C=O) groups excluding carboxylic acids is 1. The summed E-state index contributed by atoms with van der Waals surface area (Å²) in [5.41, 5.74) is 9.04. The predicted molar refractivity (Wildman–Crippen MR) is 105 cm³/mol. The Kier molecular flexibility index (Phi) is 6.40. The van der Waals surface area contributed by atoms with Crippen molar-refractivity contribution in [3.8, 4) is 0 Å². The minimum atomic E-state index is -0.0205. The van der Waals surface area contributed by atoms with Crippen molar-refractivity contribution in [3.05, 3.63) is 65.5 Å². The molecule has 4 nitrogen and oxygen atoms in total. The van der Waals surface area contributed by atoms with E-state index < -0.39 is 0 Å². The van der Waals surface area contributed by atoms with Crippen molar-refractivity contribution < 1.29 is 4.79 Å². The predicted octanol–water partition coefficient (Wildman–Crippen LogP) is 3.56. The van der Waals surface area contributed by atoms with Crippen molar-refractivity contribution in [2.24, 2.45) is 17.6 Å². The third-order valence-electron chi connectivity index (χ3n) is 5.50. The Balaban J connectivity index is 1.69. The molecule has 26 heavy (non-hydrogen) atoms. The monoisotopic (exact) mass is 351 g/mol. The van der Waals surface area contributed by atoms with Crippen molar-refractivity contribution in [2.75, 3.05) is 6.54 Å². The van der Waals surface area contributed by atoms with Gasteiger partial charge in [0.2, 0.25) is 5.91 Å². The molecule has 1 aliphatic carbocycles. The second-order valence-electron chi connectivity index (χ2n) is 7.48. The molecule has 3 rings (SSSR count). The summed E-state index contributed by atoms with van der Waals surface area (Å²) >= 11 is 0. The SMILES string of the molecule is Cc1ccc(CC(=O)N[C@H](c2ccccn2)C2CCC(CN)CC2)cc1. The zero-order valence-corrected chi connectivity index (χ0v) is 15.5. The highest BCUT2D eigenvalue weighted by atomic mass is 16.1. The molecule has 3 N–H and O–H groups in total. The van der Waals surface area contributed by atoms with Crippen LogP contribution in [0, 0.1) is 18.8 Å². The largest absolute Gasteiger partial charge is 0.347 e. The first-order chi connectivity index (χ1) is 12.7. The van der Waals surface area contributed by atoms with Crippen LogP contribution in [0.4, 0.5) is 0 Å². The minimum absolute atomic E-state index is 0.0205. The summed E-state index contributed by atoms with van der Waals surface area (Å²) in [6, 6.07) is 14.1. The highest BCUT2D eigenvalue weighted by Gasteiger charge is 2.30. The van der Waals surface area contributed by atoms with Gasteiger partial charge in [0.25, 0.3) is 0 Å². The third-order valence-corrected chi connectivity index (χ3v) is 5.50. The van der Waals surface area contributed by atoms with E-state index in [-0.39, 0.29) is 11.9 Å². The standard InChI is InChI=1S/C22H29N3O/c1-16-5-7-17(8-6-16)14-21(26)25-22(20-4-2-3-13-24-20)19-11-9-18(15-23)10-12-19/h2-8,13,18-19,22H,9-12,14-15,23H2,1H3,(H,25,26)/t18?,19?,22-/m0/s1. The molecule has 1 aromatic heterocycles. The number of benzene rings is 1. The average Bonchev–Trinajstić information content (AvgIpc) is 2.69. The van der Waals surface area contributed by atoms with Crippen molar-refractivity contribution in [1.29, 1.82) is 0 Å². The lowest BCUT2D eigenvalue weighted by atomic mass is 9.77. The van der Waals surface area contributed by atoms with Gasteiger partial charge in [-0.25, -0.2) is 0 Å². The maximum absolute atomic E-state index is 12.7. The van der Waals surface area contributed by atoms with Crippen LogP contribution in [0.3, 0.4) is 0 Å². The Bertz CT molecular complexity index is 691. The molecule has 1 fully saturated rings. The summed E-state index contributed by atoms with van der Waals surface area (Å²) in [7, 11) is 0. The van der Waals surface area contributed by atoms with Crippen LogP contribution in [-0.4, -0.2) is 17.4 Å². The smallest absolute Gasteiger partial charge is 0.224 e. The Morgan fingerprint density at radius 1 is 1.15 bits per heavy atom. The quantitative estimate of drug-likeness (QED) is 0.836. The average molecular weight is 351 g/mol. The Morgan fingerprint density at radius 3 is 2.50 bits per heavy atom. The first-order valence-corrected chi connectivity index (χ1v) is 9.61. The summed E-state index contributed by atoms with van der Waals surface area (Å²) in [6.07, 6.45) is 6.67. The van der Waals surface area contributed by atoms with E-state index in [2.05, 4.69) is 17.2 Å².